The van der Waals surface area contributed by atoms with Gasteiger partial charge in [-0.3, -0.25) is 0 Å². The molecule has 1 aromatic rings. The Morgan fingerprint density at radius 2 is 1.67 bits per heavy atom. The van der Waals surface area contributed by atoms with E-state index in [1.165, 1.54) is 13.2 Å². The monoisotopic (exact) mass is 418 g/mol. The van der Waals surface area contributed by atoms with E-state index in [9.17, 15) is 9.59 Å². The SMILES string of the molecule is COC(=O)c1cc(Br)c(C=CC(=O)OC(C)(C)C)c(Br)c1. The second kappa shape index (κ2) is 7.22. The molecule has 21 heavy (non-hydrogen) atoms. The highest BCUT2D eigenvalue weighted by atomic mass is 79.9. The Bertz CT molecular complexity index is 563. The summed E-state index contributed by atoms with van der Waals surface area (Å²) in [6.45, 7) is 5.40. The molecule has 0 fully saturated rings. The van der Waals surface area contributed by atoms with E-state index in [1.54, 1.807) is 39.0 Å². The van der Waals surface area contributed by atoms with Gasteiger partial charge in [0.15, 0.2) is 0 Å². The van der Waals surface area contributed by atoms with Crippen LogP contribution in [0, 0.1) is 0 Å². The van der Waals surface area contributed by atoms with E-state index in [0.717, 1.165) is 5.56 Å². The van der Waals surface area contributed by atoms with Gasteiger partial charge in [0.25, 0.3) is 0 Å². The lowest BCUT2D eigenvalue weighted by molar-refractivity contribution is -0.148. The van der Waals surface area contributed by atoms with Crippen LogP contribution in [-0.4, -0.2) is 24.6 Å². The molecule has 0 N–H and O–H groups in total. The molecule has 4 nitrogen and oxygen atoms in total. The fourth-order valence-electron chi connectivity index (χ4n) is 1.47. The fourth-order valence-corrected chi connectivity index (χ4v) is 2.92. The van der Waals surface area contributed by atoms with Crippen LogP contribution in [0.15, 0.2) is 27.2 Å². The standard InChI is InChI=1S/C15H16Br2O4/c1-15(2,3)21-13(18)6-5-10-11(16)7-9(8-12(10)17)14(19)20-4/h5-8H,1-4H3. The Morgan fingerprint density at radius 3 is 2.10 bits per heavy atom. The van der Waals surface area contributed by atoms with Gasteiger partial charge in [-0.15, -0.1) is 0 Å². The summed E-state index contributed by atoms with van der Waals surface area (Å²) in [6, 6.07) is 3.26. The number of carbonyl (C=O) groups excluding carboxylic acids is 2. The molecule has 0 heterocycles. The lowest BCUT2D eigenvalue weighted by Crippen LogP contribution is -2.22. The van der Waals surface area contributed by atoms with Crippen molar-refractivity contribution in [2.75, 3.05) is 7.11 Å². The summed E-state index contributed by atoms with van der Waals surface area (Å²) in [5, 5.41) is 0. The van der Waals surface area contributed by atoms with E-state index < -0.39 is 17.5 Å². The number of ether oxygens (including phenoxy) is 2. The van der Waals surface area contributed by atoms with Crippen LogP contribution in [0.4, 0.5) is 0 Å². The van der Waals surface area contributed by atoms with Crippen LogP contribution in [0.2, 0.25) is 0 Å². The van der Waals surface area contributed by atoms with Crippen molar-refractivity contribution in [1.29, 1.82) is 0 Å². The molecule has 1 rings (SSSR count). The average Bonchev–Trinajstić information content (AvgIpc) is 2.34. The van der Waals surface area contributed by atoms with E-state index in [4.69, 9.17) is 4.74 Å². The van der Waals surface area contributed by atoms with Gasteiger partial charge < -0.3 is 9.47 Å². The van der Waals surface area contributed by atoms with Gasteiger partial charge >= 0.3 is 11.9 Å². The molecular weight excluding hydrogens is 404 g/mol. The third kappa shape index (κ3) is 5.63. The minimum Gasteiger partial charge on any atom is -0.465 e. The number of hydrogen-bond donors (Lipinski definition) is 0. The molecule has 0 bridgehead atoms. The van der Waals surface area contributed by atoms with E-state index in [0.29, 0.717) is 14.5 Å². The second-order valence-corrected chi connectivity index (χ2v) is 6.92. The summed E-state index contributed by atoms with van der Waals surface area (Å²) in [4.78, 5) is 23.2. The Kier molecular flexibility index (Phi) is 6.16. The van der Waals surface area contributed by atoms with Crippen molar-refractivity contribution >= 4 is 49.9 Å². The van der Waals surface area contributed by atoms with Crippen LogP contribution in [-0.2, 0) is 14.3 Å². The van der Waals surface area contributed by atoms with Crippen molar-refractivity contribution in [3.05, 3.63) is 38.3 Å². The van der Waals surface area contributed by atoms with Crippen molar-refractivity contribution in [2.45, 2.75) is 26.4 Å². The predicted molar refractivity (Wildman–Crippen MR) is 88.1 cm³/mol. The quantitative estimate of drug-likeness (QED) is 0.539. The number of hydrogen-bond acceptors (Lipinski definition) is 4. The summed E-state index contributed by atoms with van der Waals surface area (Å²) in [5.41, 5.74) is 0.601. The molecule has 1 aromatic carbocycles. The topological polar surface area (TPSA) is 52.6 Å². The molecule has 0 atom stereocenters. The Hall–Kier alpha value is -1.14. The van der Waals surface area contributed by atoms with Crippen molar-refractivity contribution in [3.63, 3.8) is 0 Å². The largest absolute Gasteiger partial charge is 0.465 e. The first kappa shape index (κ1) is 17.9. The van der Waals surface area contributed by atoms with E-state index in [-0.39, 0.29) is 0 Å². The van der Waals surface area contributed by atoms with Crippen LogP contribution in [0.1, 0.15) is 36.7 Å². The van der Waals surface area contributed by atoms with Gasteiger partial charge in [0.2, 0.25) is 0 Å². The van der Waals surface area contributed by atoms with Crippen molar-refractivity contribution < 1.29 is 19.1 Å². The van der Waals surface area contributed by atoms with E-state index in [1.807, 2.05) is 0 Å². The normalized spacial score (nSPS) is 11.5. The summed E-state index contributed by atoms with van der Waals surface area (Å²) in [5.74, 6) is -0.864. The first-order chi connectivity index (χ1) is 9.64. The maximum Gasteiger partial charge on any atom is 0.337 e. The number of benzene rings is 1. The van der Waals surface area contributed by atoms with Gasteiger partial charge in [-0.05, 0) is 39.0 Å². The molecule has 0 spiro atoms. The van der Waals surface area contributed by atoms with Gasteiger partial charge in [-0.1, -0.05) is 31.9 Å². The lowest BCUT2D eigenvalue weighted by atomic mass is 10.1. The molecule has 0 saturated carbocycles. The molecule has 6 heteroatoms. The van der Waals surface area contributed by atoms with Crippen LogP contribution in [0.3, 0.4) is 0 Å². The van der Waals surface area contributed by atoms with Crippen LogP contribution in [0.25, 0.3) is 6.08 Å². The molecule has 0 aliphatic carbocycles. The highest BCUT2D eigenvalue weighted by Gasteiger charge is 2.15. The smallest absolute Gasteiger partial charge is 0.337 e. The number of carbonyl (C=O) groups is 2. The molecule has 0 aliphatic heterocycles. The number of halogens is 2. The summed E-state index contributed by atoms with van der Waals surface area (Å²) >= 11 is 6.73. The van der Waals surface area contributed by atoms with Crippen molar-refractivity contribution in [2.24, 2.45) is 0 Å². The highest BCUT2D eigenvalue weighted by Crippen LogP contribution is 2.29. The second-order valence-electron chi connectivity index (χ2n) is 5.21. The summed E-state index contributed by atoms with van der Waals surface area (Å²) in [7, 11) is 1.32. The predicted octanol–water partition coefficient (Wildman–Crippen LogP) is 4.35. The zero-order chi connectivity index (χ0) is 16.2. The first-order valence-corrected chi connectivity index (χ1v) is 7.71. The number of esters is 2. The first-order valence-electron chi connectivity index (χ1n) is 6.12. The molecular formula is C15H16Br2O4. The van der Waals surface area contributed by atoms with Gasteiger partial charge in [0.05, 0.1) is 12.7 Å². The summed E-state index contributed by atoms with van der Waals surface area (Å²) < 4.78 is 11.2. The number of rotatable bonds is 3. The van der Waals surface area contributed by atoms with Crippen LogP contribution in [0.5, 0.6) is 0 Å². The average molecular weight is 420 g/mol. The van der Waals surface area contributed by atoms with E-state index in [2.05, 4.69) is 36.6 Å². The lowest BCUT2D eigenvalue weighted by Gasteiger charge is -2.18. The Morgan fingerprint density at radius 1 is 1.14 bits per heavy atom. The molecule has 114 valence electrons. The van der Waals surface area contributed by atoms with Gasteiger partial charge in [0.1, 0.15) is 5.60 Å². The maximum absolute atomic E-state index is 11.7. The van der Waals surface area contributed by atoms with Crippen molar-refractivity contribution in [3.8, 4) is 0 Å². The zero-order valence-corrected chi connectivity index (χ0v) is 15.4. The molecule has 0 aliphatic rings. The molecule has 0 amide bonds. The Labute approximate surface area is 140 Å². The molecule has 0 unspecified atom stereocenters. The van der Waals surface area contributed by atoms with Gasteiger partial charge in [0, 0.05) is 20.6 Å². The Balaban J connectivity index is 3.00. The maximum atomic E-state index is 11.7. The van der Waals surface area contributed by atoms with E-state index >= 15 is 0 Å². The fraction of sp³-hybridized carbons (Fsp3) is 0.333. The van der Waals surface area contributed by atoms with Crippen LogP contribution >= 0.6 is 31.9 Å². The number of methoxy groups -OCH3 is 1. The van der Waals surface area contributed by atoms with Gasteiger partial charge in [-0.2, -0.15) is 0 Å². The third-order valence-corrected chi connectivity index (χ3v) is 3.61. The zero-order valence-electron chi connectivity index (χ0n) is 12.2. The summed E-state index contributed by atoms with van der Waals surface area (Å²) in [6.07, 6.45) is 2.96. The molecule has 0 radical (unpaired) electrons. The highest BCUT2D eigenvalue weighted by molar-refractivity contribution is 9.11. The minimum atomic E-state index is -0.537. The third-order valence-electron chi connectivity index (χ3n) is 2.29. The van der Waals surface area contributed by atoms with Crippen molar-refractivity contribution in [1.82, 2.24) is 0 Å². The minimum absolute atomic E-state index is 0.408. The molecule has 0 saturated heterocycles. The molecule has 0 aromatic heterocycles. The van der Waals surface area contributed by atoms with Crippen LogP contribution < -0.4 is 0 Å². The van der Waals surface area contributed by atoms with Gasteiger partial charge in [-0.25, -0.2) is 9.59 Å².